The van der Waals surface area contributed by atoms with Gasteiger partial charge in [-0.15, -0.1) is 0 Å². The van der Waals surface area contributed by atoms with Gasteiger partial charge in [0.25, 0.3) is 0 Å². The van der Waals surface area contributed by atoms with Gasteiger partial charge >= 0.3 is 0 Å². The molecule has 1 aromatic rings. The number of benzene rings is 1. The number of methoxy groups -OCH3 is 1. The molecule has 0 aliphatic rings. The van der Waals surface area contributed by atoms with Crippen LogP contribution in [0.1, 0.15) is 32.8 Å². The molecule has 0 heterocycles. The fourth-order valence-corrected chi connectivity index (χ4v) is 2.14. The standard InChI is InChI=1S/C15H23ClFNO/c1-5-8-18-14(15(2,3)19-4)10-11-9-12(17)6-7-13(11)16/h6-7,9,14,18H,5,8,10H2,1-4H3. The van der Waals surface area contributed by atoms with Crippen LogP contribution in [0.2, 0.25) is 5.02 Å². The van der Waals surface area contributed by atoms with Crippen molar-refractivity contribution in [3.05, 3.63) is 34.6 Å². The van der Waals surface area contributed by atoms with Gasteiger partial charge in [-0.25, -0.2) is 4.39 Å². The molecule has 4 heteroatoms. The molecule has 1 unspecified atom stereocenters. The molecule has 0 fully saturated rings. The van der Waals surface area contributed by atoms with E-state index < -0.39 is 0 Å². The van der Waals surface area contributed by atoms with Crippen molar-refractivity contribution in [1.29, 1.82) is 0 Å². The van der Waals surface area contributed by atoms with E-state index in [-0.39, 0.29) is 17.5 Å². The monoisotopic (exact) mass is 287 g/mol. The summed E-state index contributed by atoms with van der Waals surface area (Å²) in [5.74, 6) is -0.260. The molecular formula is C15H23ClFNO. The number of rotatable bonds is 7. The number of hydrogen-bond donors (Lipinski definition) is 1. The van der Waals surface area contributed by atoms with E-state index in [1.807, 2.05) is 13.8 Å². The molecule has 108 valence electrons. The lowest BCUT2D eigenvalue weighted by atomic mass is 9.92. The first kappa shape index (κ1) is 16.4. The molecule has 0 bridgehead atoms. The Kier molecular flexibility index (Phi) is 6.24. The van der Waals surface area contributed by atoms with Crippen LogP contribution in [0.5, 0.6) is 0 Å². The summed E-state index contributed by atoms with van der Waals surface area (Å²) in [7, 11) is 1.69. The molecule has 2 nitrogen and oxygen atoms in total. The van der Waals surface area contributed by atoms with Crippen LogP contribution in [0.25, 0.3) is 0 Å². The number of hydrogen-bond acceptors (Lipinski definition) is 2. The maximum absolute atomic E-state index is 13.3. The van der Waals surface area contributed by atoms with E-state index >= 15 is 0 Å². The fraction of sp³-hybridized carbons (Fsp3) is 0.600. The van der Waals surface area contributed by atoms with Crippen molar-refractivity contribution in [2.24, 2.45) is 0 Å². The first-order valence-electron chi connectivity index (χ1n) is 6.63. The molecule has 0 saturated heterocycles. The lowest BCUT2D eigenvalue weighted by Crippen LogP contribution is -2.49. The highest BCUT2D eigenvalue weighted by atomic mass is 35.5. The van der Waals surface area contributed by atoms with Crippen LogP contribution in [-0.4, -0.2) is 25.3 Å². The van der Waals surface area contributed by atoms with Gasteiger partial charge in [0.05, 0.1) is 5.60 Å². The van der Waals surface area contributed by atoms with E-state index in [1.165, 1.54) is 12.1 Å². The average Bonchev–Trinajstić information content (AvgIpc) is 2.38. The number of nitrogens with one attached hydrogen (secondary N) is 1. The van der Waals surface area contributed by atoms with Crippen molar-refractivity contribution in [1.82, 2.24) is 5.32 Å². The van der Waals surface area contributed by atoms with Crippen molar-refractivity contribution in [3.8, 4) is 0 Å². The number of halogens is 2. The summed E-state index contributed by atoms with van der Waals surface area (Å²) in [4.78, 5) is 0. The van der Waals surface area contributed by atoms with Crippen molar-refractivity contribution < 1.29 is 9.13 Å². The van der Waals surface area contributed by atoms with Gasteiger partial charge in [-0.2, -0.15) is 0 Å². The van der Waals surface area contributed by atoms with Gasteiger partial charge in [0.15, 0.2) is 0 Å². The lowest BCUT2D eigenvalue weighted by molar-refractivity contribution is -0.00998. The summed E-state index contributed by atoms with van der Waals surface area (Å²) in [6.45, 7) is 7.05. The van der Waals surface area contributed by atoms with Gasteiger partial charge in [-0.3, -0.25) is 0 Å². The van der Waals surface area contributed by atoms with Crippen LogP contribution in [0.3, 0.4) is 0 Å². The molecule has 19 heavy (non-hydrogen) atoms. The molecule has 1 N–H and O–H groups in total. The quantitative estimate of drug-likeness (QED) is 0.823. The van der Waals surface area contributed by atoms with Gasteiger partial charge in [-0.05, 0) is 57.0 Å². The second-order valence-corrected chi connectivity index (χ2v) is 5.66. The first-order chi connectivity index (χ1) is 8.90. The predicted molar refractivity (Wildman–Crippen MR) is 78.3 cm³/mol. The zero-order valence-corrected chi connectivity index (χ0v) is 12.9. The Morgan fingerprint density at radius 1 is 1.42 bits per heavy atom. The SMILES string of the molecule is CCCNC(Cc1cc(F)ccc1Cl)C(C)(C)OC. The van der Waals surface area contributed by atoms with Crippen LogP contribution in [0, 0.1) is 5.82 Å². The lowest BCUT2D eigenvalue weighted by Gasteiger charge is -2.34. The maximum atomic E-state index is 13.3. The Morgan fingerprint density at radius 3 is 2.68 bits per heavy atom. The molecule has 0 aliphatic carbocycles. The largest absolute Gasteiger partial charge is 0.377 e. The molecule has 0 aliphatic heterocycles. The predicted octanol–water partition coefficient (Wildman–Crippen LogP) is 3.81. The van der Waals surface area contributed by atoms with E-state index in [1.54, 1.807) is 13.2 Å². The van der Waals surface area contributed by atoms with Gasteiger partial charge in [0.2, 0.25) is 0 Å². The molecule has 1 aromatic carbocycles. The first-order valence-corrected chi connectivity index (χ1v) is 7.01. The third-order valence-electron chi connectivity index (χ3n) is 3.44. The zero-order chi connectivity index (χ0) is 14.5. The highest BCUT2D eigenvalue weighted by Crippen LogP contribution is 2.23. The van der Waals surface area contributed by atoms with Gasteiger partial charge < -0.3 is 10.1 Å². The van der Waals surface area contributed by atoms with Crippen LogP contribution >= 0.6 is 11.6 Å². The Hall–Kier alpha value is -0.640. The van der Waals surface area contributed by atoms with Gasteiger partial charge in [0, 0.05) is 18.2 Å². The average molecular weight is 288 g/mol. The molecule has 0 radical (unpaired) electrons. The zero-order valence-electron chi connectivity index (χ0n) is 12.1. The minimum atomic E-state index is -0.342. The minimum Gasteiger partial charge on any atom is -0.377 e. The summed E-state index contributed by atoms with van der Waals surface area (Å²) >= 11 is 6.13. The van der Waals surface area contributed by atoms with Gasteiger partial charge in [0.1, 0.15) is 5.82 Å². The molecule has 0 spiro atoms. The van der Waals surface area contributed by atoms with E-state index in [4.69, 9.17) is 16.3 Å². The minimum absolute atomic E-state index is 0.0803. The molecule has 0 aromatic heterocycles. The maximum Gasteiger partial charge on any atom is 0.123 e. The van der Waals surface area contributed by atoms with E-state index in [0.717, 1.165) is 18.5 Å². The van der Waals surface area contributed by atoms with E-state index in [9.17, 15) is 4.39 Å². The smallest absolute Gasteiger partial charge is 0.123 e. The molecule has 1 rings (SSSR count). The molecular weight excluding hydrogens is 265 g/mol. The Bertz CT molecular complexity index is 409. The van der Waals surface area contributed by atoms with E-state index in [0.29, 0.717) is 11.4 Å². The normalized spacial score (nSPS) is 13.6. The Balaban J connectivity index is 2.90. The molecule has 0 saturated carbocycles. The van der Waals surface area contributed by atoms with Crippen molar-refractivity contribution in [3.63, 3.8) is 0 Å². The highest BCUT2D eigenvalue weighted by Gasteiger charge is 2.29. The van der Waals surface area contributed by atoms with Crippen molar-refractivity contribution in [2.75, 3.05) is 13.7 Å². The Labute approximate surface area is 120 Å². The third-order valence-corrected chi connectivity index (χ3v) is 3.81. The van der Waals surface area contributed by atoms with Crippen molar-refractivity contribution >= 4 is 11.6 Å². The van der Waals surface area contributed by atoms with Crippen LogP contribution < -0.4 is 5.32 Å². The molecule has 0 amide bonds. The number of ether oxygens (including phenoxy) is 1. The molecule has 1 atom stereocenters. The summed E-state index contributed by atoms with van der Waals surface area (Å²) in [6, 6.07) is 4.55. The van der Waals surface area contributed by atoms with Crippen LogP contribution in [0.15, 0.2) is 18.2 Å². The topological polar surface area (TPSA) is 21.3 Å². The summed E-state index contributed by atoms with van der Waals surface area (Å²) < 4.78 is 18.9. The fourth-order valence-electron chi connectivity index (χ4n) is 1.94. The summed E-state index contributed by atoms with van der Waals surface area (Å²) in [5.41, 5.74) is 0.463. The highest BCUT2D eigenvalue weighted by molar-refractivity contribution is 6.31. The van der Waals surface area contributed by atoms with Crippen molar-refractivity contribution in [2.45, 2.75) is 45.3 Å². The summed E-state index contributed by atoms with van der Waals surface area (Å²) in [6.07, 6.45) is 1.67. The Morgan fingerprint density at radius 2 is 2.11 bits per heavy atom. The van der Waals surface area contributed by atoms with E-state index in [2.05, 4.69) is 12.2 Å². The van der Waals surface area contributed by atoms with Gasteiger partial charge in [-0.1, -0.05) is 18.5 Å². The van der Waals surface area contributed by atoms with Crippen LogP contribution in [-0.2, 0) is 11.2 Å². The van der Waals surface area contributed by atoms with Crippen LogP contribution in [0.4, 0.5) is 4.39 Å². The third kappa shape index (κ3) is 4.75. The second-order valence-electron chi connectivity index (χ2n) is 5.25. The second kappa shape index (κ2) is 7.22. The summed E-state index contributed by atoms with van der Waals surface area (Å²) in [5, 5.41) is 4.04.